The summed E-state index contributed by atoms with van der Waals surface area (Å²) in [4.78, 5) is 12.4. The average Bonchev–Trinajstić information content (AvgIpc) is 2.72. The van der Waals surface area contributed by atoms with Gasteiger partial charge in [-0.25, -0.2) is 10.2 Å². The lowest BCUT2D eigenvalue weighted by atomic mass is 10.2. The largest absolute Gasteiger partial charge is 0.490 e. The first-order valence-electron chi connectivity index (χ1n) is 8.93. The third-order valence-corrected chi connectivity index (χ3v) is 4.67. The maximum absolute atomic E-state index is 12.4. The number of para-hydroxylation sites is 1. The van der Waals surface area contributed by atoms with Crippen molar-refractivity contribution < 1.29 is 14.3 Å². The van der Waals surface area contributed by atoms with Crippen LogP contribution in [0.4, 0.5) is 5.69 Å². The molecule has 2 N–H and O–H groups in total. The third-order valence-electron chi connectivity index (χ3n) is 3.87. The number of hydrogen-bond donors (Lipinski definition) is 2. The average molecular weight is 488 g/mol. The van der Waals surface area contributed by atoms with Crippen LogP contribution in [0.15, 0.2) is 72.8 Å². The highest BCUT2D eigenvalue weighted by molar-refractivity contribution is 14.1. The Hall–Kier alpha value is -2.58. The van der Waals surface area contributed by atoms with E-state index in [0.29, 0.717) is 30.2 Å². The van der Waals surface area contributed by atoms with Crippen molar-refractivity contribution in [2.75, 3.05) is 12.0 Å². The van der Waals surface area contributed by atoms with E-state index in [1.165, 1.54) is 0 Å². The van der Waals surface area contributed by atoms with Gasteiger partial charge in [0.25, 0.3) is 0 Å². The Morgan fingerprint density at radius 2 is 1.68 bits per heavy atom. The molecule has 0 spiro atoms. The maximum Gasteiger partial charge on any atom is 0.343 e. The molecular weight excluding hydrogens is 467 g/mol. The second kappa shape index (κ2) is 10.1. The fraction of sp³-hybridized carbons (Fsp3) is 0.136. The van der Waals surface area contributed by atoms with Crippen molar-refractivity contribution in [2.45, 2.75) is 13.5 Å². The number of carbonyl (C=O) groups excluding carboxylic acids is 1. The quantitative estimate of drug-likeness (QED) is 0.202. The van der Waals surface area contributed by atoms with E-state index in [9.17, 15) is 4.79 Å². The maximum atomic E-state index is 12.4. The Morgan fingerprint density at radius 1 is 1.00 bits per heavy atom. The van der Waals surface area contributed by atoms with Crippen LogP contribution in [-0.2, 0) is 6.54 Å². The highest BCUT2D eigenvalue weighted by Crippen LogP contribution is 2.35. The summed E-state index contributed by atoms with van der Waals surface area (Å²) in [5.74, 6) is 0.586. The molecular formula is C22H21IN2O3. The fourth-order valence-electron chi connectivity index (χ4n) is 2.58. The molecule has 0 aliphatic heterocycles. The molecule has 0 heterocycles. The number of hydrogen-bond acceptors (Lipinski definition) is 5. The monoisotopic (exact) mass is 488 g/mol. The zero-order valence-corrected chi connectivity index (χ0v) is 17.6. The van der Waals surface area contributed by atoms with E-state index in [2.05, 4.69) is 33.4 Å². The predicted molar refractivity (Wildman–Crippen MR) is 119 cm³/mol. The minimum Gasteiger partial charge on any atom is -0.490 e. The number of esters is 1. The Kier molecular flexibility index (Phi) is 7.27. The SMILES string of the molecule is CCOc1cc(CNNc2ccccc2)cc(I)c1OC(=O)c1ccccc1. The van der Waals surface area contributed by atoms with Crippen LogP contribution in [0.1, 0.15) is 22.8 Å². The molecule has 3 aromatic rings. The molecule has 0 fully saturated rings. The van der Waals surface area contributed by atoms with E-state index in [0.717, 1.165) is 14.8 Å². The van der Waals surface area contributed by atoms with Gasteiger partial charge < -0.3 is 14.9 Å². The van der Waals surface area contributed by atoms with Crippen LogP contribution >= 0.6 is 22.6 Å². The van der Waals surface area contributed by atoms with Gasteiger partial charge in [-0.3, -0.25) is 0 Å². The minimum absolute atomic E-state index is 0.406. The number of halogens is 1. The van der Waals surface area contributed by atoms with Gasteiger partial charge in [0.2, 0.25) is 0 Å². The van der Waals surface area contributed by atoms with Crippen molar-refractivity contribution in [1.82, 2.24) is 5.43 Å². The topological polar surface area (TPSA) is 59.6 Å². The van der Waals surface area contributed by atoms with Gasteiger partial charge in [-0.15, -0.1) is 0 Å². The van der Waals surface area contributed by atoms with Gasteiger partial charge in [0.15, 0.2) is 11.5 Å². The molecule has 0 saturated heterocycles. The standard InChI is InChI=1S/C22H21IN2O3/c1-2-27-20-14-16(15-24-25-18-11-7-4-8-12-18)13-19(23)21(20)28-22(26)17-9-5-3-6-10-17/h3-14,24-25H,2,15H2,1H3. The van der Waals surface area contributed by atoms with Gasteiger partial charge in [-0.2, -0.15) is 0 Å². The van der Waals surface area contributed by atoms with Crippen LogP contribution in [0.25, 0.3) is 0 Å². The third kappa shape index (κ3) is 5.46. The van der Waals surface area contributed by atoms with E-state index in [4.69, 9.17) is 9.47 Å². The van der Waals surface area contributed by atoms with E-state index in [1.54, 1.807) is 24.3 Å². The highest BCUT2D eigenvalue weighted by atomic mass is 127. The zero-order valence-electron chi connectivity index (χ0n) is 15.4. The van der Waals surface area contributed by atoms with Gasteiger partial charge in [-0.05, 0) is 71.5 Å². The van der Waals surface area contributed by atoms with Gasteiger partial charge >= 0.3 is 5.97 Å². The number of hydrazine groups is 1. The fourth-order valence-corrected chi connectivity index (χ4v) is 3.36. The van der Waals surface area contributed by atoms with Crippen molar-refractivity contribution in [1.29, 1.82) is 0 Å². The summed E-state index contributed by atoms with van der Waals surface area (Å²) in [6.45, 7) is 2.96. The molecule has 0 bridgehead atoms. The summed E-state index contributed by atoms with van der Waals surface area (Å²) >= 11 is 2.16. The molecule has 3 rings (SSSR count). The summed E-state index contributed by atoms with van der Waals surface area (Å²) in [6.07, 6.45) is 0. The van der Waals surface area contributed by atoms with Crippen molar-refractivity contribution >= 4 is 34.2 Å². The minimum atomic E-state index is -0.406. The van der Waals surface area contributed by atoms with Crippen molar-refractivity contribution in [3.05, 3.63) is 87.5 Å². The number of carbonyl (C=O) groups is 1. The smallest absolute Gasteiger partial charge is 0.343 e. The number of ether oxygens (including phenoxy) is 2. The van der Waals surface area contributed by atoms with Gasteiger partial charge in [0.1, 0.15) is 0 Å². The van der Waals surface area contributed by atoms with Crippen molar-refractivity contribution in [3.63, 3.8) is 0 Å². The van der Waals surface area contributed by atoms with Crippen LogP contribution in [0.2, 0.25) is 0 Å². The van der Waals surface area contributed by atoms with Crippen molar-refractivity contribution in [2.24, 2.45) is 0 Å². The summed E-state index contributed by atoms with van der Waals surface area (Å²) in [5, 5.41) is 0. The van der Waals surface area contributed by atoms with Crippen LogP contribution in [0.5, 0.6) is 11.5 Å². The lowest BCUT2D eigenvalue weighted by Gasteiger charge is -2.15. The second-order valence-corrected chi connectivity index (χ2v) is 7.10. The molecule has 0 unspecified atom stereocenters. The summed E-state index contributed by atoms with van der Waals surface area (Å²) in [6, 6.07) is 22.6. The first kappa shape index (κ1) is 20.2. The van der Waals surface area contributed by atoms with Gasteiger partial charge in [0.05, 0.1) is 15.7 Å². The number of benzene rings is 3. The Balaban J connectivity index is 1.73. The lowest BCUT2D eigenvalue weighted by Crippen LogP contribution is -2.21. The molecule has 0 amide bonds. The molecule has 144 valence electrons. The van der Waals surface area contributed by atoms with Crippen LogP contribution in [-0.4, -0.2) is 12.6 Å². The van der Waals surface area contributed by atoms with E-state index in [-0.39, 0.29) is 0 Å². The normalized spacial score (nSPS) is 10.4. The molecule has 0 aromatic heterocycles. The Labute approximate surface area is 178 Å². The molecule has 6 heteroatoms. The molecule has 0 aliphatic carbocycles. The van der Waals surface area contributed by atoms with E-state index in [1.807, 2.05) is 55.5 Å². The van der Waals surface area contributed by atoms with Crippen LogP contribution in [0.3, 0.4) is 0 Å². The highest BCUT2D eigenvalue weighted by Gasteiger charge is 2.17. The Morgan fingerprint density at radius 3 is 2.36 bits per heavy atom. The number of rotatable bonds is 8. The molecule has 0 saturated carbocycles. The molecule has 0 radical (unpaired) electrons. The van der Waals surface area contributed by atoms with Gasteiger partial charge in [-0.1, -0.05) is 36.4 Å². The predicted octanol–water partition coefficient (Wildman–Crippen LogP) is 5.03. The molecule has 28 heavy (non-hydrogen) atoms. The second-order valence-electron chi connectivity index (χ2n) is 5.94. The number of nitrogens with one attached hydrogen (secondary N) is 2. The molecule has 3 aromatic carbocycles. The van der Waals surface area contributed by atoms with Crippen LogP contribution in [0, 0.1) is 3.57 Å². The van der Waals surface area contributed by atoms with Crippen LogP contribution < -0.4 is 20.3 Å². The zero-order chi connectivity index (χ0) is 19.8. The lowest BCUT2D eigenvalue weighted by molar-refractivity contribution is 0.0727. The first-order chi connectivity index (χ1) is 13.7. The summed E-state index contributed by atoms with van der Waals surface area (Å²) < 4.78 is 12.2. The molecule has 0 aliphatic rings. The van der Waals surface area contributed by atoms with E-state index < -0.39 is 5.97 Å². The first-order valence-corrected chi connectivity index (χ1v) is 10.0. The Bertz CT molecular complexity index is 918. The molecule has 5 nitrogen and oxygen atoms in total. The summed E-state index contributed by atoms with van der Waals surface area (Å²) in [5.41, 5.74) is 8.83. The summed E-state index contributed by atoms with van der Waals surface area (Å²) in [7, 11) is 0. The van der Waals surface area contributed by atoms with Gasteiger partial charge in [0, 0.05) is 12.2 Å². The van der Waals surface area contributed by atoms with E-state index >= 15 is 0 Å². The van der Waals surface area contributed by atoms with Crippen molar-refractivity contribution in [3.8, 4) is 11.5 Å². The number of anilines is 1. The molecule has 0 atom stereocenters.